The smallest absolute Gasteiger partial charge is 0.313 e. The number of thioether (sulfide) groups is 1. The van der Waals surface area contributed by atoms with E-state index in [1.54, 1.807) is 30.0 Å². The zero-order valence-corrected chi connectivity index (χ0v) is 19.7. The van der Waals surface area contributed by atoms with Crippen molar-refractivity contribution in [1.82, 2.24) is 10.2 Å². The van der Waals surface area contributed by atoms with Crippen molar-refractivity contribution in [3.63, 3.8) is 0 Å². The Hall–Kier alpha value is -2.71. The molecular formula is C24H31N3O4S. The standard InChI is InChI=1S/C24H31N3O4S/c1-30-19-8-9-21(31-2)20(14-19)26-24(29)23(28)25-15-17-10-12-27(13-11-17)16-18-6-4-5-7-22(18)32-3/h4-9,14,17H,10-13,15-16H2,1-3H3,(H,25,28)(H,26,29). The van der Waals surface area contributed by atoms with Gasteiger partial charge in [0.2, 0.25) is 0 Å². The number of nitrogens with zero attached hydrogens (tertiary/aromatic N) is 1. The van der Waals surface area contributed by atoms with Gasteiger partial charge in [0.1, 0.15) is 11.5 Å². The van der Waals surface area contributed by atoms with Gasteiger partial charge >= 0.3 is 11.8 Å². The maximum Gasteiger partial charge on any atom is 0.313 e. The van der Waals surface area contributed by atoms with Crippen LogP contribution in [-0.2, 0) is 16.1 Å². The summed E-state index contributed by atoms with van der Waals surface area (Å²) in [6, 6.07) is 13.5. The van der Waals surface area contributed by atoms with Gasteiger partial charge in [-0.25, -0.2) is 0 Å². The van der Waals surface area contributed by atoms with Crippen molar-refractivity contribution in [2.24, 2.45) is 5.92 Å². The number of ether oxygens (including phenoxy) is 2. The van der Waals surface area contributed by atoms with Crippen molar-refractivity contribution in [2.75, 3.05) is 45.4 Å². The molecule has 2 N–H and O–H groups in total. The van der Waals surface area contributed by atoms with E-state index in [1.165, 1.54) is 24.7 Å². The minimum absolute atomic E-state index is 0.366. The first-order valence-corrected chi connectivity index (χ1v) is 11.9. The highest BCUT2D eigenvalue weighted by molar-refractivity contribution is 7.98. The van der Waals surface area contributed by atoms with Crippen LogP contribution in [0, 0.1) is 5.92 Å². The van der Waals surface area contributed by atoms with E-state index in [1.807, 2.05) is 0 Å². The zero-order chi connectivity index (χ0) is 22.9. The van der Waals surface area contributed by atoms with E-state index >= 15 is 0 Å². The van der Waals surface area contributed by atoms with Crippen LogP contribution < -0.4 is 20.1 Å². The number of anilines is 1. The molecule has 1 saturated heterocycles. The lowest BCUT2D eigenvalue weighted by Crippen LogP contribution is -2.41. The van der Waals surface area contributed by atoms with Crippen LogP contribution in [0.3, 0.4) is 0 Å². The molecule has 1 heterocycles. The van der Waals surface area contributed by atoms with Crippen LogP contribution in [0.15, 0.2) is 47.4 Å². The Morgan fingerprint density at radius 3 is 2.50 bits per heavy atom. The van der Waals surface area contributed by atoms with Crippen LogP contribution in [0.1, 0.15) is 18.4 Å². The third-order valence-corrected chi connectivity index (χ3v) is 6.54. The summed E-state index contributed by atoms with van der Waals surface area (Å²) in [7, 11) is 3.04. The Morgan fingerprint density at radius 2 is 1.81 bits per heavy atom. The third kappa shape index (κ3) is 6.40. The number of carbonyl (C=O) groups excluding carboxylic acids is 2. The van der Waals surface area contributed by atoms with Crippen LogP contribution in [-0.4, -0.2) is 56.8 Å². The van der Waals surface area contributed by atoms with Crippen molar-refractivity contribution < 1.29 is 19.1 Å². The Balaban J connectivity index is 1.44. The number of hydrogen-bond acceptors (Lipinski definition) is 6. The number of benzene rings is 2. The fraction of sp³-hybridized carbons (Fsp3) is 0.417. The monoisotopic (exact) mass is 457 g/mol. The molecule has 1 aliphatic heterocycles. The number of amides is 2. The fourth-order valence-corrected chi connectivity index (χ4v) is 4.44. The quantitative estimate of drug-likeness (QED) is 0.467. The normalized spacial score (nSPS) is 14.6. The van der Waals surface area contributed by atoms with Gasteiger partial charge in [-0.05, 0) is 61.9 Å². The van der Waals surface area contributed by atoms with Gasteiger partial charge in [-0.2, -0.15) is 0 Å². The number of likely N-dealkylation sites (tertiary alicyclic amines) is 1. The summed E-state index contributed by atoms with van der Waals surface area (Å²) in [5.41, 5.74) is 1.75. The molecule has 1 fully saturated rings. The van der Waals surface area contributed by atoms with E-state index in [0.717, 1.165) is 32.5 Å². The van der Waals surface area contributed by atoms with Gasteiger partial charge in [0.25, 0.3) is 0 Å². The minimum atomic E-state index is -0.720. The van der Waals surface area contributed by atoms with Crippen LogP contribution in [0.5, 0.6) is 11.5 Å². The molecule has 0 spiro atoms. The highest BCUT2D eigenvalue weighted by atomic mass is 32.2. The molecule has 0 radical (unpaired) electrons. The van der Waals surface area contributed by atoms with Gasteiger partial charge in [-0.15, -0.1) is 11.8 Å². The van der Waals surface area contributed by atoms with Crippen molar-refractivity contribution in [3.8, 4) is 11.5 Å². The summed E-state index contributed by atoms with van der Waals surface area (Å²) in [4.78, 5) is 28.4. The Morgan fingerprint density at radius 1 is 1.06 bits per heavy atom. The second kappa shape index (κ2) is 11.8. The summed E-state index contributed by atoms with van der Waals surface area (Å²) < 4.78 is 10.4. The molecule has 2 aromatic carbocycles. The molecule has 0 unspecified atom stereocenters. The number of hydrogen-bond donors (Lipinski definition) is 2. The number of rotatable bonds is 8. The summed E-state index contributed by atoms with van der Waals surface area (Å²) in [5.74, 6) is 0.0230. The molecule has 7 nitrogen and oxygen atoms in total. The number of methoxy groups -OCH3 is 2. The second-order valence-electron chi connectivity index (χ2n) is 7.76. The first-order valence-electron chi connectivity index (χ1n) is 10.7. The van der Waals surface area contributed by atoms with E-state index < -0.39 is 11.8 Å². The molecule has 0 saturated carbocycles. The largest absolute Gasteiger partial charge is 0.497 e. The van der Waals surface area contributed by atoms with Crippen molar-refractivity contribution in [3.05, 3.63) is 48.0 Å². The highest BCUT2D eigenvalue weighted by Gasteiger charge is 2.22. The predicted molar refractivity (Wildman–Crippen MR) is 127 cm³/mol. The third-order valence-electron chi connectivity index (χ3n) is 5.71. The van der Waals surface area contributed by atoms with Gasteiger partial charge < -0.3 is 20.1 Å². The Kier molecular flexibility index (Phi) is 8.81. The van der Waals surface area contributed by atoms with Crippen LogP contribution in [0.2, 0.25) is 0 Å². The van der Waals surface area contributed by atoms with Crippen molar-refractivity contribution in [1.29, 1.82) is 0 Å². The lowest BCUT2D eigenvalue weighted by Gasteiger charge is -2.32. The molecule has 172 valence electrons. The number of nitrogens with one attached hydrogen (secondary N) is 2. The molecular weight excluding hydrogens is 426 g/mol. The van der Waals surface area contributed by atoms with Gasteiger partial charge in [0.05, 0.1) is 19.9 Å². The summed E-state index contributed by atoms with van der Waals surface area (Å²) >= 11 is 1.78. The Bertz CT molecular complexity index is 929. The van der Waals surface area contributed by atoms with Crippen LogP contribution in [0.4, 0.5) is 5.69 Å². The topological polar surface area (TPSA) is 79.9 Å². The SMILES string of the molecule is COc1ccc(OC)c(NC(=O)C(=O)NCC2CCN(Cc3ccccc3SC)CC2)c1. The minimum Gasteiger partial charge on any atom is -0.497 e. The van der Waals surface area contributed by atoms with E-state index in [-0.39, 0.29) is 0 Å². The van der Waals surface area contributed by atoms with Gasteiger partial charge in [0, 0.05) is 24.1 Å². The molecule has 0 bridgehead atoms. The van der Waals surface area contributed by atoms with Gasteiger partial charge in [0.15, 0.2) is 0 Å². The maximum atomic E-state index is 12.3. The van der Waals surface area contributed by atoms with E-state index in [0.29, 0.717) is 29.6 Å². The van der Waals surface area contributed by atoms with E-state index in [2.05, 4.69) is 46.1 Å². The van der Waals surface area contributed by atoms with Crippen LogP contribution in [0.25, 0.3) is 0 Å². The number of piperidine rings is 1. The molecule has 0 aliphatic carbocycles. The zero-order valence-electron chi connectivity index (χ0n) is 18.8. The van der Waals surface area contributed by atoms with E-state index in [4.69, 9.17) is 9.47 Å². The van der Waals surface area contributed by atoms with Gasteiger partial charge in [-0.1, -0.05) is 18.2 Å². The highest BCUT2D eigenvalue weighted by Crippen LogP contribution is 2.29. The molecule has 3 rings (SSSR count). The molecule has 8 heteroatoms. The molecule has 0 atom stereocenters. The summed E-state index contributed by atoms with van der Waals surface area (Å²) in [6.07, 6.45) is 4.09. The van der Waals surface area contributed by atoms with Crippen molar-refractivity contribution in [2.45, 2.75) is 24.3 Å². The second-order valence-corrected chi connectivity index (χ2v) is 8.61. The first kappa shape index (κ1) is 23.9. The Labute approximate surface area is 193 Å². The number of carbonyl (C=O) groups is 2. The molecule has 2 amide bonds. The average molecular weight is 458 g/mol. The first-order chi connectivity index (χ1) is 15.5. The van der Waals surface area contributed by atoms with Gasteiger partial charge in [-0.3, -0.25) is 14.5 Å². The summed E-state index contributed by atoms with van der Waals surface area (Å²) in [5, 5.41) is 5.38. The molecule has 32 heavy (non-hydrogen) atoms. The predicted octanol–water partition coefficient (Wildman–Crippen LogP) is 3.39. The molecule has 2 aromatic rings. The maximum absolute atomic E-state index is 12.3. The fourth-order valence-electron chi connectivity index (χ4n) is 3.83. The lowest BCUT2D eigenvalue weighted by atomic mass is 9.96. The average Bonchev–Trinajstić information content (AvgIpc) is 2.83. The van der Waals surface area contributed by atoms with Crippen LogP contribution >= 0.6 is 11.8 Å². The molecule has 0 aromatic heterocycles. The lowest BCUT2D eigenvalue weighted by molar-refractivity contribution is -0.136. The van der Waals surface area contributed by atoms with Crippen molar-refractivity contribution >= 4 is 29.3 Å². The van der Waals surface area contributed by atoms with E-state index in [9.17, 15) is 9.59 Å². The molecule has 1 aliphatic rings. The summed E-state index contributed by atoms with van der Waals surface area (Å²) in [6.45, 7) is 3.41.